The molecule has 0 atom stereocenters. The summed E-state index contributed by atoms with van der Waals surface area (Å²) in [5.41, 5.74) is 4.73. The highest BCUT2D eigenvalue weighted by Gasteiger charge is 2.11. The Labute approximate surface area is 115 Å². The van der Waals surface area contributed by atoms with E-state index in [0.717, 1.165) is 12.0 Å². The molecule has 1 nitrogen and oxygen atoms in total. The molecule has 0 aliphatic carbocycles. The Kier molecular flexibility index (Phi) is 3.71. The lowest BCUT2D eigenvalue weighted by Crippen LogP contribution is -2.08. The third kappa shape index (κ3) is 3.69. The Hall–Kier alpha value is -2.07. The second-order valence-electron chi connectivity index (χ2n) is 6.13. The van der Waals surface area contributed by atoms with Gasteiger partial charge in [-0.15, -0.1) is 0 Å². The first-order valence-corrected chi connectivity index (χ1v) is 6.57. The fraction of sp³-hybridized carbons (Fsp3) is 0.278. The van der Waals surface area contributed by atoms with Crippen molar-refractivity contribution in [3.63, 3.8) is 0 Å². The van der Waals surface area contributed by atoms with Crippen LogP contribution in [0.15, 0.2) is 48.5 Å². The average Bonchev–Trinajstić information content (AvgIpc) is 2.37. The third-order valence-electron chi connectivity index (χ3n) is 3.01. The zero-order valence-corrected chi connectivity index (χ0v) is 11.8. The van der Waals surface area contributed by atoms with Crippen LogP contribution in [0, 0.1) is 16.7 Å². The van der Waals surface area contributed by atoms with E-state index in [-0.39, 0.29) is 0 Å². The summed E-state index contributed by atoms with van der Waals surface area (Å²) in [7, 11) is 0. The van der Waals surface area contributed by atoms with Gasteiger partial charge in [0, 0.05) is 0 Å². The molecule has 0 saturated heterocycles. The molecule has 0 fully saturated rings. The first kappa shape index (κ1) is 13.4. The van der Waals surface area contributed by atoms with E-state index < -0.39 is 0 Å². The molecule has 2 aromatic rings. The summed E-state index contributed by atoms with van der Waals surface area (Å²) in [4.78, 5) is 0. The predicted molar refractivity (Wildman–Crippen MR) is 79.8 cm³/mol. The van der Waals surface area contributed by atoms with Gasteiger partial charge in [0.15, 0.2) is 0 Å². The Morgan fingerprint density at radius 3 is 2.21 bits per heavy atom. The lowest BCUT2D eigenvalue weighted by atomic mass is 9.87. The minimum atomic E-state index is 0.295. The lowest BCUT2D eigenvalue weighted by Gasteiger charge is -2.18. The van der Waals surface area contributed by atoms with Crippen LogP contribution in [0.1, 0.15) is 31.9 Å². The Morgan fingerprint density at radius 1 is 0.947 bits per heavy atom. The van der Waals surface area contributed by atoms with Crippen LogP contribution in [0.2, 0.25) is 0 Å². The van der Waals surface area contributed by atoms with E-state index in [1.165, 1.54) is 11.1 Å². The molecule has 0 spiro atoms. The Morgan fingerprint density at radius 2 is 1.63 bits per heavy atom. The standard InChI is InChI=1S/C18H19N/c1-18(2,3)12-15-5-4-6-17(11-15)16-9-7-14(13-19)8-10-16/h4-11H,12H2,1-3H3. The topological polar surface area (TPSA) is 23.8 Å². The maximum absolute atomic E-state index is 8.82. The van der Waals surface area contributed by atoms with Gasteiger partial charge in [-0.05, 0) is 40.7 Å². The molecule has 0 saturated carbocycles. The first-order valence-electron chi connectivity index (χ1n) is 6.57. The molecule has 0 aromatic heterocycles. The van der Waals surface area contributed by atoms with Crippen molar-refractivity contribution in [3.05, 3.63) is 59.7 Å². The van der Waals surface area contributed by atoms with Crippen LogP contribution in [0.4, 0.5) is 0 Å². The summed E-state index contributed by atoms with van der Waals surface area (Å²) in [6.07, 6.45) is 1.07. The molecule has 2 rings (SSSR count). The van der Waals surface area contributed by atoms with E-state index in [2.05, 4.69) is 51.1 Å². The monoisotopic (exact) mass is 249 g/mol. The van der Waals surface area contributed by atoms with Crippen molar-refractivity contribution >= 4 is 0 Å². The van der Waals surface area contributed by atoms with Gasteiger partial charge >= 0.3 is 0 Å². The van der Waals surface area contributed by atoms with Crippen molar-refractivity contribution in [1.29, 1.82) is 5.26 Å². The van der Waals surface area contributed by atoms with Crippen LogP contribution in [0.25, 0.3) is 11.1 Å². The van der Waals surface area contributed by atoms with Gasteiger partial charge in [-0.3, -0.25) is 0 Å². The minimum Gasteiger partial charge on any atom is -0.192 e. The van der Waals surface area contributed by atoms with Gasteiger partial charge in [0.1, 0.15) is 0 Å². The van der Waals surface area contributed by atoms with Gasteiger partial charge in [0.05, 0.1) is 11.6 Å². The highest BCUT2D eigenvalue weighted by molar-refractivity contribution is 5.65. The molecule has 0 amide bonds. The fourth-order valence-electron chi connectivity index (χ4n) is 2.21. The molecule has 0 N–H and O–H groups in total. The van der Waals surface area contributed by atoms with Gasteiger partial charge in [0.25, 0.3) is 0 Å². The molecule has 0 aliphatic heterocycles. The summed E-state index contributed by atoms with van der Waals surface area (Å²) < 4.78 is 0. The largest absolute Gasteiger partial charge is 0.192 e. The van der Waals surface area contributed by atoms with Crippen molar-refractivity contribution in [3.8, 4) is 17.2 Å². The summed E-state index contributed by atoms with van der Waals surface area (Å²) in [6, 6.07) is 18.5. The molecule has 0 radical (unpaired) electrons. The van der Waals surface area contributed by atoms with E-state index in [0.29, 0.717) is 11.0 Å². The zero-order valence-electron chi connectivity index (χ0n) is 11.8. The van der Waals surface area contributed by atoms with Crippen LogP contribution in [0.3, 0.4) is 0 Å². The Bertz CT molecular complexity index is 595. The minimum absolute atomic E-state index is 0.295. The second kappa shape index (κ2) is 5.28. The van der Waals surface area contributed by atoms with Crippen LogP contribution >= 0.6 is 0 Å². The van der Waals surface area contributed by atoms with Gasteiger partial charge < -0.3 is 0 Å². The number of rotatable bonds is 2. The van der Waals surface area contributed by atoms with E-state index in [9.17, 15) is 0 Å². The number of benzene rings is 2. The molecule has 0 unspecified atom stereocenters. The van der Waals surface area contributed by atoms with Crippen LogP contribution in [-0.2, 0) is 6.42 Å². The number of hydrogen-bond donors (Lipinski definition) is 0. The van der Waals surface area contributed by atoms with Crippen molar-refractivity contribution in [1.82, 2.24) is 0 Å². The van der Waals surface area contributed by atoms with Crippen LogP contribution in [-0.4, -0.2) is 0 Å². The second-order valence-corrected chi connectivity index (χ2v) is 6.13. The van der Waals surface area contributed by atoms with E-state index in [4.69, 9.17) is 5.26 Å². The van der Waals surface area contributed by atoms with E-state index >= 15 is 0 Å². The summed E-state index contributed by atoms with van der Waals surface area (Å²) in [6.45, 7) is 6.75. The van der Waals surface area contributed by atoms with Crippen molar-refractivity contribution < 1.29 is 0 Å². The number of hydrogen-bond acceptors (Lipinski definition) is 1. The maximum Gasteiger partial charge on any atom is 0.0991 e. The summed E-state index contributed by atoms with van der Waals surface area (Å²) in [5.74, 6) is 0. The summed E-state index contributed by atoms with van der Waals surface area (Å²) >= 11 is 0. The number of nitriles is 1. The van der Waals surface area contributed by atoms with Crippen LogP contribution in [0.5, 0.6) is 0 Å². The van der Waals surface area contributed by atoms with Gasteiger partial charge in [-0.25, -0.2) is 0 Å². The maximum atomic E-state index is 8.82. The van der Waals surface area contributed by atoms with Gasteiger partial charge in [0.2, 0.25) is 0 Å². The summed E-state index contributed by atoms with van der Waals surface area (Å²) in [5, 5.41) is 8.82. The zero-order chi connectivity index (χ0) is 13.9. The van der Waals surface area contributed by atoms with Gasteiger partial charge in [-0.1, -0.05) is 57.2 Å². The van der Waals surface area contributed by atoms with Crippen molar-refractivity contribution in [2.24, 2.45) is 5.41 Å². The molecule has 2 aromatic carbocycles. The third-order valence-corrected chi connectivity index (χ3v) is 3.01. The molecule has 19 heavy (non-hydrogen) atoms. The molecule has 96 valence electrons. The highest BCUT2D eigenvalue weighted by atomic mass is 14.2. The molecule has 0 heterocycles. The molecule has 0 aliphatic rings. The average molecular weight is 249 g/mol. The molecule has 0 bridgehead atoms. The molecular formula is C18H19N. The van der Waals surface area contributed by atoms with E-state index in [1.807, 2.05) is 24.3 Å². The van der Waals surface area contributed by atoms with Crippen molar-refractivity contribution in [2.45, 2.75) is 27.2 Å². The quantitative estimate of drug-likeness (QED) is 0.749. The van der Waals surface area contributed by atoms with E-state index in [1.54, 1.807) is 0 Å². The van der Waals surface area contributed by atoms with Crippen LogP contribution < -0.4 is 0 Å². The molecule has 1 heteroatoms. The normalized spacial score (nSPS) is 11.1. The van der Waals surface area contributed by atoms with Gasteiger partial charge in [-0.2, -0.15) is 5.26 Å². The number of nitrogens with zero attached hydrogens (tertiary/aromatic N) is 1. The first-order chi connectivity index (χ1) is 8.98. The Balaban J connectivity index is 2.30. The predicted octanol–water partition coefficient (Wildman–Crippen LogP) is 4.81. The fourth-order valence-corrected chi connectivity index (χ4v) is 2.21. The SMILES string of the molecule is CC(C)(C)Cc1cccc(-c2ccc(C#N)cc2)c1. The van der Waals surface area contributed by atoms with Crippen molar-refractivity contribution in [2.75, 3.05) is 0 Å². The molecular weight excluding hydrogens is 230 g/mol. The highest BCUT2D eigenvalue weighted by Crippen LogP contribution is 2.25. The smallest absolute Gasteiger partial charge is 0.0991 e. The lowest BCUT2D eigenvalue weighted by molar-refractivity contribution is 0.411.